The fourth-order valence-corrected chi connectivity index (χ4v) is 2.88. The molecule has 0 fully saturated rings. The van der Waals surface area contributed by atoms with Crippen LogP contribution < -0.4 is 0 Å². The van der Waals surface area contributed by atoms with Crippen LogP contribution in [0.3, 0.4) is 0 Å². The molecule has 4 heteroatoms. The van der Waals surface area contributed by atoms with Gasteiger partial charge in [-0.3, -0.25) is 14.4 Å². The van der Waals surface area contributed by atoms with Gasteiger partial charge in [-0.15, -0.1) is 6.58 Å². The van der Waals surface area contributed by atoms with Gasteiger partial charge < -0.3 is 0 Å². The monoisotopic (exact) mass is 298 g/mol. The van der Waals surface area contributed by atoms with E-state index in [0.29, 0.717) is 16.0 Å². The third-order valence-corrected chi connectivity index (χ3v) is 3.97. The summed E-state index contributed by atoms with van der Waals surface area (Å²) in [5.41, 5.74) is 0.464. The summed E-state index contributed by atoms with van der Waals surface area (Å²) in [7, 11) is 0. The fraction of sp³-hybridized carbons (Fsp3) is 0.118. The number of benzene rings is 2. The number of fused-ring (bicyclic) bond motifs is 3. The van der Waals surface area contributed by atoms with Crippen molar-refractivity contribution < 1.29 is 14.4 Å². The van der Waals surface area contributed by atoms with Crippen LogP contribution in [0.15, 0.2) is 43.0 Å². The number of allylic oxidation sites excluding steroid dienone is 1. The SMILES string of the molecule is C=CCC1C(=O)C(=O)c2c(ccc3ccc(Cl)cc23)C1=O. The molecule has 0 N–H and O–H groups in total. The predicted octanol–water partition coefficient (Wildman–Crippen LogP) is 3.63. The maximum absolute atomic E-state index is 12.4. The Hall–Kier alpha value is -2.26. The van der Waals surface area contributed by atoms with Crippen LogP contribution in [0.5, 0.6) is 0 Å². The standard InChI is InChI=1S/C17H11ClO3/c1-2-3-12-15(19)11-7-5-9-4-6-10(18)8-13(9)14(11)17(21)16(12)20/h2,4-8,12H,1,3H2. The van der Waals surface area contributed by atoms with E-state index in [1.54, 1.807) is 30.3 Å². The highest BCUT2D eigenvalue weighted by molar-refractivity contribution is 6.53. The Morgan fingerprint density at radius 3 is 2.52 bits per heavy atom. The molecule has 0 saturated carbocycles. The molecule has 2 aromatic carbocycles. The van der Waals surface area contributed by atoms with Crippen LogP contribution >= 0.6 is 11.6 Å². The minimum atomic E-state index is -0.945. The van der Waals surface area contributed by atoms with E-state index in [1.807, 2.05) is 0 Å². The van der Waals surface area contributed by atoms with Crippen molar-refractivity contribution in [1.29, 1.82) is 0 Å². The lowest BCUT2D eigenvalue weighted by molar-refractivity contribution is -0.117. The van der Waals surface area contributed by atoms with Crippen molar-refractivity contribution >= 4 is 39.7 Å². The van der Waals surface area contributed by atoms with Crippen molar-refractivity contribution in [3.8, 4) is 0 Å². The van der Waals surface area contributed by atoms with Crippen molar-refractivity contribution in [2.75, 3.05) is 0 Å². The number of carbonyl (C=O) groups excluding carboxylic acids is 3. The normalized spacial score (nSPS) is 18.0. The molecule has 2 aromatic rings. The van der Waals surface area contributed by atoms with E-state index in [-0.39, 0.29) is 17.8 Å². The van der Waals surface area contributed by atoms with Crippen molar-refractivity contribution in [1.82, 2.24) is 0 Å². The van der Waals surface area contributed by atoms with Gasteiger partial charge in [-0.25, -0.2) is 0 Å². The molecule has 0 aromatic heterocycles. The lowest BCUT2D eigenvalue weighted by Gasteiger charge is -2.21. The van der Waals surface area contributed by atoms with Crippen molar-refractivity contribution in [3.63, 3.8) is 0 Å². The van der Waals surface area contributed by atoms with Gasteiger partial charge in [-0.05, 0) is 35.4 Å². The minimum absolute atomic E-state index is 0.172. The zero-order valence-corrected chi connectivity index (χ0v) is 11.8. The number of Topliss-reactive ketones (excluding diaryl/α,β-unsaturated/α-hetero) is 3. The van der Waals surface area contributed by atoms with E-state index < -0.39 is 17.5 Å². The highest BCUT2D eigenvalue weighted by Gasteiger charge is 2.40. The molecule has 0 radical (unpaired) electrons. The van der Waals surface area contributed by atoms with Crippen molar-refractivity contribution in [2.45, 2.75) is 6.42 Å². The average Bonchev–Trinajstić information content (AvgIpc) is 2.48. The van der Waals surface area contributed by atoms with Gasteiger partial charge in [0.05, 0.1) is 5.92 Å². The third kappa shape index (κ3) is 2.01. The van der Waals surface area contributed by atoms with Crippen LogP contribution in [-0.2, 0) is 4.79 Å². The first-order valence-corrected chi connectivity index (χ1v) is 6.88. The Morgan fingerprint density at radius 1 is 1.10 bits per heavy atom. The Kier molecular flexibility index (Phi) is 3.22. The molecule has 1 aliphatic rings. The molecule has 0 amide bonds. The van der Waals surface area contributed by atoms with E-state index in [2.05, 4.69) is 6.58 Å². The lowest BCUT2D eigenvalue weighted by Crippen LogP contribution is -2.36. The quantitative estimate of drug-likeness (QED) is 0.483. The Bertz CT molecular complexity index is 820. The van der Waals surface area contributed by atoms with E-state index in [9.17, 15) is 14.4 Å². The van der Waals surface area contributed by atoms with Gasteiger partial charge in [-0.1, -0.05) is 29.8 Å². The molecule has 0 bridgehead atoms. The molecule has 0 saturated heterocycles. The second kappa shape index (κ2) is 4.93. The molecular weight excluding hydrogens is 288 g/mol. The van der Waals surface area contributed by atoms with Crippen LogP contribution in [0.25, 0.3) is 10.8 Å². The van der Waals surface area contributed by atoms with Gasteiger partial charge in [-0.2, -0.15) is 0 Å². The maximum Gasteiger partial charge on any atom is 0.230 e. The first-order valence-electron chi connectivity index (χ1n) is 6.50. The van der Waals surface area contributed by atoms with Gasteiger partial charge in [0.2, 0.25) is 11.6 Å². The third-order valence-electron chi connectivity index (χ3n) is 3.74. The summed E-state index contributed by atoms with van der Waals surface area (Å²) in [5, 5.41) is 1.77. The highest BCUT2D eigenvalue weighted by atomic mass is 35.5. The van der Waals surface area contributed by atoms with Crippen LogP contribution in [0.1, 0.15) is 27.1 Å². The summed E-state index contributed by atoms with van der Waals surface area (Å²) >= 11 is 5.97. The minimum Gasteiger partial charge on any atom is -0.293 e. The van der Waals surface area contributed by atoms with E-state index in [4.69, 9.17) is 11.6 Å². The molecule has 21 heavy (non-hydrogen) atoms. The largest absolute Gasteiger partial charge is 0.293 e. The molecular formula is C17H11ClO3. The summed E-state index contributed by atoms with van der Waals surface area (Å²) in [6.45, 7) is 3.53. The first kappa shape index (κ1) is 13.7. The van der Waals surface area contributed by atoms with E-state index in [0.717, 1.165) is 5.39 Å². The zero-order valence-electron chi connectivity index (χ0n) is 11.1. The van der Waals surface area contributed by atoms with Gasteiger partial charge in [0.1, 0.15) is 0 Å². The second-order valence-corrected chi connectivity index (χ2v) is 5.42. The summed E-state index contributed by atoms with van der Waals surface area (Å²) in [6, 6.07) is 8.44. The Labute approximate surface area is 126 Å². The number of halogens is 1. The summed E-state index contributed by atoms with van der Waals surface area (Å²) in [6.07, 6.45) is 1.66. The topological polar surface area (TPSA) is 51.2 Å². The molecule has 0 aliphatic heterocycles. The van der Waals surface area contributed by atoms with Gasteiger partial charge >= 0.3 is 0 Å². The number of hydrogen-bond acceptors (Lipinski definition) is 3. The number of hydrogen-bond donors (Lipinski definition) is 0. The zero-order chi connectivity index (χ0) is 15.1. The lowest BCUT2D eigenvalue weighted by atomic mass is 9.77. The molecule has 3 nitrogen and oxygen atoms in total. The second-order valence-electron chi connectivity index (χ2n) is 4.99. The average molecular weight is 299 g/mol. The molecule has 1 aliphatic carbocycles. The fourth-order valence-electron chi connectivity index (χ4n) is 2.71. The van der Waals surface area contributed by atoms with Crippen LogP contribution in [0.2, 0.25) is 5.02 Å². The first-order chi connectivity index (χ1) is 10.0. The van der Waals surface area contributed by atoms with Gasteiger partial charge in [0.15, 0.2) is 5.78 Å². The molecule has 0 spiro atoms. The Morgan fingerprint density at radius 2 is 1.81 bits per heavy atom. The van der Waals surface area contributed by atoms with E-state index >= 15 is 0 Å². The molecule has 0 heterocycles. The molecule has 3 rings (SSSR count). The van der Waals surface area contributed by atoms with Gasteiger partial charge in [0.25, 0.3) is 0 Å². The van der Waals surface area contributed by atoms with E-state index in [1.165, 1.54) is 6.08 Å². The van der Waals surface area contributed by atoms with Gasteiger partial charge in [0, 0.05) is 16.1 Å². The highest BCUT2D eigenvalue weighted by Crippen LogP contribution is 2.32. The number of rotatable bonds is 2. The summed E-state index contributed by atoms with van der Waals surface area (Å²) in [4.78, 5) is 37.0. The summed E-state index contributed by atoms with van der Waals surface area (Å²) < 4.78 is 0. The molecule has 1 unspecified atom stereocenters. The molecule has 104 valence electrons. The number of carbonyl (C=O) groups is 3. The van der Waals surface area contributed by atoms with Crippen molar-refractivity contribution in [2.24, 2.45) is 5.92 Å². The van der Waals surface area contributed by atoms with Crippen LogP contribution in [0, 0.1) is 5.92 Å². The smallest absolute Gasteiger partial charge is 0.230 e. The van der Waals surface area contributed by atoms with Crippen molar-refractivity contribution in [3.05, 3.63) is 59.1 Å². The van der Waals surface area contributed by atoms with Crippen LogP contribution in [-0.4, -0.2) is 17.3 Å². The molecule has 1 atom stereocenters. The number of ketones is 3. The predicted molar refractivity (Wildman–Crippen MR) is 80.9 cm³/mol. The van der Waals surface area contributed by atoms with Crippen LogP contribution in [0.4, 0.5) is 0 Å². The maximum atomic E-state index is 12.4. The summed E-state index contributed by atoms with van der Waals surface area (Å²) in [5.74, 6) is -2.56. The Balaban J connectivity index is 2.32.